The van der Waals surface area contributed by atoms with Gasteiger partial charge in [0.1, 0.15) is 0 Å². The third-order valence-corrected chi connectivity index (χ3v) is 3.56. The van der Waals surface area contributed by atoms with Crippen molar-refractivity contribution < 1.29 is 41.3 Å². The summed E-state index contributed by atoms with van der Waals surface area (Å²) in [4.78, 5) is 22.0. The van der Waals surface area contributed by atoms with Crippen LogP contribution < -0.4 is 5.49 Å². The summed E-state index contributed by atoms with van der Waals surface area (Å²) in [7, 11) is 0. The van der Waals surface area contributed by atoms with Crippen molar-refractivity contribution >= 4 is 5.95 Å². The van der Waals surface area contributed by atoms with Gasteiger partial charge in [-0.2, -0.15) is 22.2 Å². The summed E-state index contributed by atoms with van der Waals surface area (Å²) >= 11 is 0. The molecule has 0 aliphatic carbocycles. The maximum atomic E-state index is 4.60. The van der Waals surface area contributed by atoms with Gasteiger partial charge in [0.15, 0.2) is 11.6 Å². The van der Waals surface area contributed by atoms with Crippen molar-refractivity contribution in [3.8, 4) is 22.8 Å². The Kier molecular flexibility index (Phi) is 6.01. The number of pyridine rings is 1. The minimum atomic E-state index is 0. The largest absolute Gasteiger partial charge is 0.409 e. The molecule has 4 aromatic rings. The van der Waals surface area contributed by atoms with Crippen LogP contribution in [0.4, 0.5) is 5.95 Å². The average molecular weight is 469 g/mol. The van der Waals surface area contributed by atoms with Crippen molar-refractivity contribution in [3.63, 3.8) is 0 Å². The minimum absolute atomic E-state index is 0. The Balaban J connectivity index is 0.00000196. The Morgan fingerprint density at radius 2 is 1.54 bits per heavy atom. The quantitative estimate of drug-likeness (QED) is 0.451. The van der Waals surface area contributed by atoms with Gasteiger partial charge < -0.3 is 10.2 Å². The molecule has 3 aromatic heterocycles. The number of H-pyrrole nitrogens is 2. The molecule has 0 fully saturated rings. The van der Waals surface area contributed by atoms with Gasteiger partial charge in [-0.25, -0.2) is 4.98 Å². The van der Waals surface area contributed by atoms with Gasteiger partial charge in [-0.15, -0.1) is 0 Å². The topological polar surface area (TPSA) is 95.5 Å². The zero-order valence-corrected chi connectivity index (χ0v) is 17.7. The van der Waals surface area contributed by atoms with E-state index in [0.29, 0.717) is 23.1 Å². The number of rotatable bonds is 3. The number of nitrogens with one attached hydrogen (secondary N) is 2. The van der Waals surface area contributed by atoms with E-state index in [4.69, 9.17) is 0 Å². The van der Waals surface area contributed by atoms with Crippen LogP contribution in [-0.2, 0) is 0 Å². The second-order valence-electron chi connectivity index (χ2n) is 5.42. The molecule has 7 nitrogen and oxygen atoms in total. The summed E-state index contributed by atoms with van der Waals surface area (Å²) in [6.45, 7) is 2.04. The van der Waals surface area contributed by atoms with Crippen LogP contribution in [0.3, 0.4) is 0 Å². The molecule has 1 radical (unpaired) electrons. The first-order chi connectivity index (χ1) is 12.3. The molecule has 2 N–H and O–H groups in total. The van der Waals surface area contributed by atoms with Crippen molar-refractivity contribution in [2.45, 2.75) is 6.92 Å². The van der Waals surface area contributed by atoms with Crippen LogP contribution in [0.2, 0.25) is 0 Å². The molecule has 0 unspecified atom stereocenters. The van der Waals surface area contributed by atoms with Crippen LogP contribution in [0.5, 0.6) is 0 Å². The van der Waals surface area contributed by atoms with E-state index in [0.717, 1.165) is 11.1 Å². The van der Waals surface area contributed by atoms with Gasteiger partial charge in [-0.1, -0.05) is 29.8 Å². The summed E-state index contributed by atoms with van der Waals surface area (Å²) in [5.41, 5.74) is 3.52. The monoisotopic (exact) mass is 469 g/mol. The average Bonchev–Trinajstić information content (AvgIpc) is 3.16. The fourth-order valence-corrected chi connectivity index (χ4v) is 2.29. The van der Waals surface area contributed by atoms with Crippen LogP contribution >= 0.6 is 0 Å². The molecule has 0 atom stereocenters. The van der Waals surface area contributed by atoms with Crippen molar-refractivity contribution in [2.75, 3.05) is 0 Å². The Hall–Kier alpha value is -2.25. The third-order valence-electron chi connectivity index (χ3n) is 3.56. The number of hydrogen-bond acceptors (Lipinski definition) is 5. The fraction of sp³-hybridized carbons (Fsp3) is 0.0556. The summed E-state index contributed by atoms with van der Waals surface area (Å²) < 4.78 is 0. The Morgan fingerprint density at radius 1 is 0.885 bits per heavy atom. The van der Waals surface area contributed by atoms with Crippen molar-refractivity contribution in [2.24, 2.45) is 4.99 Å². The molecule has 3 heterocycles. The Bertz CT molecular complexity index is 1040. The predicted molar refractivity (Wildman–Crippen MR) is 92.4 cm³/mol. The molecule has 0 aliphatic heterocycles. The van der Waals surface area contributed by atoms with Gasteiger partial charge in [-0.05, 0) is 24.5 Å². The van der Waals surface area contributed by atoms with Crippen LogP contribution in [0.1, 0.15) is 5.56 Å². The van der Waals surface area contributed by atoms with Crippen LogP contribution in [0.15, 0.2) is 59.9 Å². The second kappa shape index (κ2) is 8.42. The second-order valence-corrected chi connectivity index (χ2v) is 5.42. The molecule has 0 saturated carbocycles. The molecule has 0 aliphatic rings. The molecule has 4 rings (SSSR count). The Labute approximate surface area is 183 Å². The van der Waals surface area contributed by atoms with Gasteiger partial charge in [0.25, 0.3) is 0 Å². The third kappa shape index (κ3) is 4.29. The van der Waals surface area contributed by atoms with Crippen LogP contribution in [-0.4, -0.2) is 30.1 Å². The first-order valence-electron chi connectivity index (χ1n) is 7.70. The number of aromatic amines is 2. The molecular formula is C18H14N7Pr-. The van der Waals surface area contributed by atoms with Crippen molar-refractivity contribution in [1.29, 1.82) is 0 Å². The molecule has 0 saturated heterocycles. The minimum Gasteiger partial charge on any atom is -0.409 e. The molecule has 125 valence electrons. The predicted octanol–water partition coefficient (Wildman–Crippen LogP) is 2.60. The van der Waals surface area contributed by atoms with E-state index in [-0.39, 0.29) is 41.3 Å². The number of nitrogens with zero attached hydrogens (tertiary/aromatic N) is 5. The normalized spacial score (nSPS) is 11.2. The van der Waals surface area contributed by atoms with E-state index in [1.165, 1.54) is 5.56 Å². The molecule has 8 heteroatoms. The van der Waals surface area contributed by atoms with Crippen LogP contribution in [0.25, 0.3) is 22.8 Å². The molecule has 0 bridgehead atoms. The number of hydrogen-bond donors (Lipinski definition) is 2. The van der Waals surface area contributed by atoms with Crippen LogP contribution in [0, 0.1) is 54.4 Å². The Morgan fingerprint density at radius 3 is 2.15 bits per heavy atom. The van der Waals surface area contributed by atoms with Crippen molar-refractivity contribution in [1.82, 2.24) is 30.1 Å². The maximum Gasteiger partial charge on any atom is 0.236 e. The van der Waals surface area contributed by atoms with Gasteiger partial charge in [-0.3, -0.25) is 9.98 Å². The standard InChI is InChI=1S/C18H14N7.Pr/c1-12-2-4-13(5-3-12)16-22-17(14-6-9-19-10-7-14)24-18(23-16)21-15-8-11-20-25-15;/h2-10H,1H3,(H2,20,21,22,23,24,25);/q-1;. The van der Waals surface area contributed by atoms with E-state index in [9.17, 15) is 0 Å². The van der Waals surface area contributed by atoms with E-state index in [1.54, 1.807) is 18.5 Å². The summed E-state index contributed by atoms with van der Waals surface area (Å²) in [6, 6.07) is 13.4. The van der Waals surface area contributed by atoms with Gasteiger partial charge >= 0.3 is 0 Å². The SMILES string of the molecule is Cc1ccc(-c2nc(N=c3c[c-][nH][nH]3)nc(-c3ccncc3)n2)cc1.[Pr]. The smallest absolute Gasteiger partial charge is 0.236 e. The zero-order valence-electron chi connectivity index (χ0n) is 14.0. The number of aryl methyl sites for hydroxylation is 1. The maximum absolute atomic E-state index is 4.60. The summed E-state index contributed by atoms with van der Waals surface area (Å²) in [5, 5.41) is 5.58. The van der Waals surface area contributed by atoms with Gasteiger partial charge in [0.2, 0.25) is 5.95 Å². The first kappa shape index (κ1) is 18.5. The molecule has 0 amide bonds. The zero-order chi connectivity index (χ0) is 17.1. The molecule has 1 aromatic carbocycles. The van der Waals surface area contributed by atoms with Gasteiger partial charge in [0.05, 0.1) is 0 Å². The van der Waals surface area contributed by atoms with E-state index < -0.39 is 0 Å². The van der Waals surface area contributed by atoms with E-state index in [2.05, 4.69) is 41.3 Å². The van der Waals surface area contributed by atoms with E-state index in [1.807, 2.05) is 43.3 Å². The molecule has 26 heavy (non-hydrogen) atoms. The molecular weight excluding hydrogens is 455 g/mol. The van der Waals surface area contributed by atoms with Gasteiger partial charge in [0, 0.05) is 64.8 Å². The number of aromatic nitrogens is 6. The summed E-state index contributed by atoms with van der Waals surface area (Å²) in [6.07, 6.45) is 6.20. The molecule has 0 spiro atoms. The van der Waals surface area contributed by atoms with Crippen molar-refractivity contribution in [3.05, 3.63) is 72.1 Å². The summed E-state index contributed by atoms with van der Waals surface area (Å²) in [5.74, 6) is 1.44. The number of benzene rings is 1. The fourth-order valence-electron chi connectivity index (χ4n) is 2.29. The first-order valence-corrected chi connectivity index (χ1v) is 7.70. The van der Waals surface area contributed by atoms with E-state index >= 15 is 0 Å².